The molecule has 1 aromatic carbocycles. The first-order valence-corrected chi connectivity index (χ1v) is 7.37. The molecule has 0 fully saturated rings. The zero-order valence-corrected chi connectivity index (χ0v) is 13.0. The number of nitrogens with one attached hydrogen (secondary N) is 2. The Bertz CT molecular complexity index is 638. The molecule has 0 aliphatic rings. The fourth-order valence-electron chi connectivity index (χ4n) is 2.04. The molecule has 1 heterocycles. The molecule has 0 bridgehead atoms. The number of nitrogens with zero attached hydrogens (tertiary/aromatic N) is 1. The Labute approximate surface area is 130 Å². The standard InChI is InChI=1S/C17H22N4O/c1-12-4-6-14(7-5-12)17(22)20-9-3-8-19-16-15(18)10-13(2)11-21-16/h4-7,10-11H,3,8-9,18H2,1-2H3,(H,19,21)(H,20,22). The summed E-state index contributed by atoms with van der Waals surface area (Å²) in [6.07, 6.45) is 2.57. The van der Waals surface area contributed by atoms with E-state index in [1.807, 2.05) is 44.2 Å². The predicted octanol–water partition coefficient (Wildman–Crippen LogP) is 2.51. The SMILES string of the molecule is Cc1ccc(C(=O)NCCCNc2ncc(C)cc2N)cc1. The van der Waals surface area contributed by atoms with Crippen LogP contribution in [0.4, 0.5) is 11.5 Å². The number of carbonyl (C=O) groups is 1. The molecule has 1 aromatic heterocycles. The van der Waals surface area contributed by atoms with E-state index in [1.54, 1.807) is 6.20 Å². The first-order chi connectivity index (χ1) is 10.6. The van der Waals surface area contributed by atoms with Crippen molar-refractivity contribution < 1.29 is 4.79 Å². The molecule has 5 heteroatoms. The first-order valence-electron chi connectivity index (χ1n) is 7.37. The maximum atomic E-state index is 11.9. The summed E-state index contributed by atoms with van der Waals surface area (Å²) in [6.45, 7) is 5.26. The van der Waals surface area contributed by atoms with Gasteiger partial charge in [0.15, 0.2) is 0 Å². The van der Waals surface area contributed by atoms with Gasteiger partial charge in [-0.2, -0.15) is 0 Å². The van der Waals surface area contributed by atoms with E-state index in [-0.39, 0.29) is 5.91 Å². The van der Waals surface area contributed by atoms with E-state index in [0.29, 0.717) is 30.2 Å². The van der Waals surface area contributed by atoms with E-state index in [2.05, 4.69) is 15.6 Å². The second-order valence-corrected chi connectivity index (χ2v) is 5.35. The molecule has 0 atom stereocenters. The van der Waals surface area contributed by atoms with Crippen molar-refractivity contribution in [3.8, 4) is 0 Å². The van der Waals surface area contributed by atoms with Crippen LogP contribution in [0.15, 0.2) is 36.5 Å². The average molecular weight is 298 g/mol. The summed E-state index contributed by atoms with van der Waals surface area (Å²) >= 11 is 0. The van der Waals surface area contributed by atoms with Crippen molar-refractivity contribution in [2.75, 3.05) is 24.1 Å². The highest BCUT2D eigenvalue weighted by molar-refractivity contribution is 5.94. The number of amides is 1. The van der Waals surface area contributed by atoms with Gasteiger partial charge in [0.05, 0.1) is 5.69 Å². The van der Waals surface area contributed by atoms with Crippen LogP contribution in [0.25, 0.3) is 0 Å². The van der Waals surface area contributed by atoms with Gasteiger partial charge in [-0.05, 0) is 44.0 Å². The van der Waals surface area contributed by atoms with Crippen molar-refractivity contribution >= 4 is 17.4 Å². The number of benzene rings is 1. The summed E-state index contributed by atoms with van der Waals surface area (Å²) in [5.74, 6) is 0.642. The van der Waals surface area contributed by atoms with Gasteiger partial charge in [-0.25, -0.2) is 4.98 Å². The summed E-state index contributed by atoms with van der Waals surface area (Å²) in [6, 6.07) is 9.42. The molecule has 0 aliphatic heterocycles. The topological polar surface area (TPSA) is 80.0 Å². The lowest BCUT2D eigenvalue weighted by atomic mass is 10.1. The Hall–Kier alpha value is -2.56. The number of rotatable bonds is 6. The van der Waals surface area contributed by atoms with Crippen molar-refractivity contribution in [2.45, 2.75) is 20.3 Å². The number of pyridine rings is 1. The smallest absolute Gasteiger partial charge is 0.251 e. The molecular formula is C17H22N4O. The second-order valence-electron chi connectivity index (χ2n) is 5.35. The molecule has 0 saturated carbocycles. The van der Waals surface area contributed by atoms with Crippen LogP contribution < -0.4 is 16.4 Å². The third-order valence-electron chi connectivity index (χ3n) is 3.30. The Morgan fingerprint density at radius 2 is 1.86 bits per heavy atom. The Kier molecular flexibility index (Phi) is 5.36. The fraction of sp³-hybridized carbons (Fsp3) is 0.294. The highest BCUT2D eigenvalue weighted by Gasteiger charge is 2.04. The van der Waals surface area contributed by atoms with Crippen LogP contribution in [0, 0.1) is 13.8 Å². The van der Waals surface area contributed by atoms with E-state index >= 15 is 0 Å². The van der Waals surface area contributed by atoms with Gasteiger partial charge >= 0.3 is 0 Å². The van der Waals surface area contributed by atoms with Gasteiger partial charge in [-0.1, -0.05) is 17.7 Å². The summed E-state index contributed by atoms with van der Waals surface area (Å²) in [4.78, 5) is 16.2. The molecule has 22 heavy (non-hydrogen) atoms. The first kappa shape index (κ1) is 15.8. The van der Waals surface area contributed by atoms with Gasteiger partial charge < -0.3 is 16.4 Å². The van der Waals surface area contributed by atoms with Gasteiger partial charge in [0.1, 0.15) is 5.82 Å². The van der Waals surface area contributed by atoms with Gasteiger partial charge in [0, 0.05) is 24.8 Å². The van der Waals surface area contributed by atoms with E-state index in [1.165, 1.54) is 0 Å². The van der Waals surface area contributed by atoms with Crippen molar-refractivity contribution in [1.29, 1.82) is 0 Å². The quantitative estimate of drug-likeness (QED) is 0.716. The number of nitrogen functional groups attached to an aromatic ring is 1. The highest BCUT2D eigenvalue weighted by atomic mass is 16.1. The number of aromatic nitrogens is 1. The molecule has 2 rings (SSSR count). The van der Waals surface area contributed by atoms with Crippen LogP contribution in [0.3, 0.4) is 0 Å². The van der Waals surface area contributed by atoms with Crippen molar-refractivity contribution in [3.05, 3.63) is 53.2 Å². The monoisotopic (exact) mass is 298 g/mol. The van der Waals surface area contributed by atoms with Gasteiger partial charge in [-0.15, -0.1) is 0 Å². The molecule has 5 nitrogen and oxygen atoms in total. The largest absolute Gasteiger partial charge is 0.396 e. The molecule has 1 amide bonds. The van der Waals surface area contributed by atoms with E-state index in [9.17, 15) is 4.79 Å². The third-order valence-corrected chi connectivity index (χ3v) is 3.30. The minimum atomic E-state index is -0.0482. The Morgan fingerprint density at radius 3 is 2.55 bits per heavy atom. The van der Waals surface area contributed by atoms with Crippen molar-refractivity contribution in [1.82, 2.24) is 10.3 Å². The summed E-state index contributed by atoms with van der Waals surface area (Å²) in [7, 11) is 0. The number of nitrogens with two attached hydrogens (primary N) is 1. The molecule has 0 aliphatic carbocycles. The van der Waals surface area contributed by atoms with E-state index < -0.39 is 0 Å². The zero-order chi connectivity index (χ0) is 15.9. The van der Waals surface area contributed by atoms with Gasteiger partial charge in [-0.3, -0.25) is 4.79 Å². The van der Waals surface area contributed by atoms with Crippen LogP contribution in [0.1, 0.15) is 27.9 Å². The van der Waals surface area contributed by atoms with Crippen LogP contribution in [0.5, 0.6) is 0 Å². The van der Waals surface area contributed by atoms with Crippen molar-refractivity contribution in [2.24, 2.45) is 0 Å². The fourth-order valence-corrected chi connectivity index (χ4v) is 2.04. The lowest BCUT2D eigenvalue weighted by Crippen LogP contribution is -2.25. The highest BCUT2D eigenvalue weighted by Crippen LogP contribution is 2.15. The molecule has 4 N–H and O–H groups in total. The van der Waals surface area contributed by atoms with Crippen LogP contribution in [-0.2, 0) is 0 Å². The molecular weight excluding hydrogens is 276 g/mol. The van der Waals surface area contributed by atoms with Crippen molar-refractivity contribution in [3.63, 3.8) is 0 Å². The zero-order valence-electron chi connectivity index (χ0n) is 13.0. The van der Waals surface area contributed by atoms with Gasteiger partial charge in [0.25, 0.3) is 5.91 Å². The number of hydrogen-bond acceptors (Lipinski definition) is 4. The molecule has 0 radical (unpaired) electrons. The summed E-state index contributed by atoms with van der Waals surface area (Å²) < 4.78 is 0. The third kappa shape index (κ3) is 4.48. The lowest BCUT2D eigenvalue weighted by molar-refractivity contribution is 0.0953. The average Bonchev–Trinajstić information content (AvgIpc) is 2.49. The number of carbonyl (C=O) groups excluding carboxylic acids is 1. The number of hydrogen-bond donors (Lipinski definition) is 3. The number of aryl methyl sites for hydroxylation is 2. The van der Waals surface area contributed by atoms with Crippen LogP contribution in [0.2, 0.25) is 0 Å². The predicted molar refractivity (Wildman–Crippen MR) is 90.0 cm³/mol. The molecule has 116 valence electrons. The van der Waals surface area contributed by atoms with Crippen LogP contribution in [-0.4, -0.2) is 24.0 Å². The minimum absolute atomic E-state index is 0.0482. The Morgan fingerprint density at radius 1 is 1.14 bits per heavy atom. The van der Waals surface area contributed by atoms with Gasteiger partial charge in [0.2, 0.25) is 0 Å². The summed E-state index contributed by atoms with van der Waals surface area (Å²) in [5, 5.41) is 6.07. The molecule has 0 unspecified atom stereocenters. The summed E-state index contributed by atoms with van der Waals surface area (Å²) in [5.41, 5.74) is 9.38. The Balaban J connectivity index is 1.71. The van der Waals surface area contributed by atoms with E-state index in [4.69, 9.17) is 5.73 Å². The molecule has 2 aromatic rings. The maximum Gasteiger partial charge on any atom is 0.251 e. The number of anilines is 2. The second kappa shape index (κ2) is 7.45. The van der Waals surface area contributed by atoms with Crippen LogP contribution >= 0.6 is 0 Å². The lowest BCUT2D eigenvalue weighted by Gasteiger charge is -2.09. The maximum absolute atomic E-state index is 11.9. The minimum Gasteiger partial charge on any atom is -0.396 e. The molecule has 0 spiro atoms. The van der Waals surface area contributed by atoms with E-state index in [0.717, 1.165) is 17.5 Å². The molecule has 0 saturated heterocycles. The normalized spacial score (nSPS) is 10.3.